The van der Waals surface area contributed by atoms with Crippen molar-refractivity contribution in [1.29, 1.82) is 0 Å². The molecule has 0 spiro atoms. The zero-order chi connectivity index (χ0) is 20.5. The van der Waals surface area contributed by atoms with Gasteiger partial charge in [0.15, 0.2) is 5.11 Å². The van der Waals surface area contributed by atoms with E-state index in [1.165, 1.54) is 24.8 Å². The zero-order valence-corrected chi connectivity index (χ0v) is 18.8. The van der Waals surface area contributed by atoms with Crippen LogP contribution >= 0.6 is 12.2 Å². The molecule has 3 rings (SSSR count). The minimum atomic E-state index is -0.261. The second kappa shape index (κ2) is 8.61. The Balaban J connectivity index is 1.87. The van der Waals surface area contributed by atoms with Gasteiger partial charge in [0.05, 0.1) is 6.10 Å². The average molecular weight is 409 g/mol. The molecular weight excluding hydrogens is 368 g/mol. The van der Waals surface area contributed by atoms with Gasteiger partial charge in [-0.2, -0.15) is 0 Å². The van der Waals surface area contributed by atoms with E-state index in [1.807, 2.05) is 0 Å². The Morgan fingerprint density at radius 3 is 2.61 bits per heavy atom. The first-order chi connectivity index (χ1) is 13.3. The molecule has 3 aliphatic rings. The van der Waals surface area contributed by atoms with Gasteiger partial charge in [-0.1, -0.05) is 26.0 Å². The maximum absolute atomic E-state index is 10.2. The molecule has 3 fully saturated rings. The van der Waals surface area contributed by atoms with Crippen molar-refractivity contribution in [3.05, 3.63) is 12.2 Å². The van der Waals surface area contributed by atoms with E-state index in [4.69, 9.17) is 12.2 Å². The van der Waals surface area contributed by atoms with Crippen molar-refractivity contribution in [3.63, 3.8) is 0 Å². The summed E-state index contributed by atoms with van der Waals surface area (Å²) in [5.74, 6) is 1.86. The predicted molar refractivity (Wildman–Crippen MR) is 119 cm³/mol. The first kappa shape index (κ1) is 22.0. The summed E-state index contributed by atoms with van der Waals surface area (Å²) >= 11 is 5.46. The molecular formula is C23H40N2O2S. The molecule has 0 aliphatic heterocycles. The predicted octanol–water partition coefficient (Wildman–Crippen LogP) is 3.63. The first-order valence-corrected chi connectivity index (χ1v) is 11.7. The maximum atomic E-state index is 10.2. The fourth-order valence-electron chi connectivity index (χ4n) is 6.90. The third kappa shape index (κ3) is 3.87. The molecule has 0 aromatic rings. The summed E-state index contributed by atoms with van der Waals surface area (Å²) in [5.41, 5.74) is 1.74. The molecule has 4 N–H and O–H groups in total. The van der Waals surface area contributed by atoms with Gasteiger partial charge in [-0.05, 0) is 98.6 Å². The molecule has 4 nitrogen and oxygen atoms in total. The van der Waals surface area contributed by atoms with Crippen molar-refractivity contribution >= 4 is 17.3 Å². The summed E-state index contributed by atoms with van der Waals surface area (Å²) < 4.78 is 0. The van der Waals surface area contributed by atoms with Gasteiger partial charge >= 0.3 is 0 Å². The Labute approximate surface area is 176 Å². The highest BCUT2D eigenvalue weighted by molar-refractivity contribution is 7.80. The van der Waals surface area contributed by atoms with Crippen LogP contribution in [0.5, 0.6) is 0 Å². The van der Waals surface area contributed by atoms with Crippen LogP contribution in [-0.2, 0) is 0 Å². The molecule has 0 bridgehead atoms. The molecule has 3 saturated carbocycles. The van der Waals surface area contributed by atoms with Crippen molar-refractivity contribution in [2.24, 2.45) is 34.5 Å². The second-order valence-electron chi connectivity index (χ2n) is 10.0. The molecule has 5 heteroatoms. The van der Waals surface area contributed by atoms with E-state index in [-0.39, 0.29) is 29.5 Å². The van der Waals surface area contributed by atoms with Crippen LogP contribution in [0.15, 0.2) is 12.2 Å². The smallest absolute Gasteiger partial charge is 0.166 e. The third-order valence-electron chi connectivity index (χ3n) is 8.80. The van der Waals surface area contributed by atoms with Crippen LogP contribution in [0.1, 0.15) is 65.7 Å². The lowest BCUT2D eigenvalue weighted by atomic mass is 9.49. The van der Waals surface area contributed by atoms with Gasteiger partial charge in [-0.3, -0.25) is 0 Å². The Morgan fingerprint density at radius 2 is 1.93 bits per heavy atom. The van der Waals surface area contributed by atoms with Crippen LogP contribution in [0.2, 0.25) is 0 Å². The van der Waals surface area contributed by atoms with Gasteiger partial charge in [0.1, 0.15) is 0 Å². The lowest BCUT2D eigenvalue weighted by molar-refractivity contribution is -0.0925. The lowest BCUT2D eigenvalue weighted by Gasteiger charge is -2.56. The number of aliphatic hydroxyl groups is 2. The summed E-state index contributed by atoms with van der Waals surface area (Å²) in [4.78, 5) is 0. The van der Waals surface area contributed by atoms with Gasteiger partial charge in [-0.15, -0.1) is 0 Å². The van der Waals surface area contributed by atoms with Crippen molar-refractivity contribution < 1.29 is 10.2 Å². The SMILES string of the molecule is C=C1CCC2C(CNC(=S)NCC)C(C3(C)CCC(O)CC3CO)CCC12C. The summed E-state index contributed by atoms with van der Waals surface area (Å²) in [6.45, 7) is 13.2. The van der Waals surface area contributed by atoms with Gasteiger partial charge in [0.25, 0.3) is 0 Å². The molecule has 28 heavy (non-hydrogen) atoms. The van der Waals surface area contributed by atoms with Gasteiger partial charge in [0.2, 0.25) is 0 Å². The monoisotopic (exact) mass is 408 g/mol. The molecule has 0 aromatic heterocycles. The number of rotatable bonds is 5. The largest absolute Gasteiger partial charge is 0.396 e. The van der Waals surface area contributed by atoms with Crippen molar-refractivity contribution in [2.75, 3.05) is 19.7 Å². The van der Waals surface area contributed by atoms with Crippen molar-refractivity contribution in [1.82, 2.24) is 10.6 Å². The third-order valence-corrected chi connectivity index (χ3v) is 9.09. The molecule has 3 aliphatic carbocycles. The zero-order valence-electron chi connectivity index (χ0n) is 18.0. The Kier molecular flexibility index (Phi) is 6.78. The fourth-order valence-corrected chi connectivity index (χ4v) is 7.13. The van der Waals surface area contributed by atoms with Crippen LogP contribution in [0.4, 0.5) is 0 Å². The normalized spacial score (nSPS) is 43.5. The number of hydrogen-bond donors (Lipinski definition) is 4. The van der Waals surface area contributed by atoms with Crippen molar-refractivity contribution in [2.45, 2.75) is 71.8 Å². The van der Waals surface area contributed by atoms with E-state index in [0.29, 0.717) is 17.8 Å². The maximum Gasteiger partial charge on any atom is 0.166 e. The van der Waals surface area contributed by atoms with Crippen LogP contribution in [0.25, 0.3) is 0 Å². The highest BCUT2D eigenvalue weighted by Gasteiger charge is 2.56. The van der Waals surface area contributed by atoms with Crippen LogP contribution in [0.3, 0.4) is 0 Å². The summed E-state index contributed by atoms with van der Waals surface area (Å²) in [7, 11) is 0. The topological polar surface area (TPSA) is 64.5 Å². The molecule has 0 radical (unpaired) electrons. The van der Waals surface area contributed by atoms with E-state index in [1.54, 1.807) is 0 Å². The number of allylic oxidation sites excluding steroid dienone is 1. The minimum Gasteiger partial charge on any atom is -0.396 e. The highest BCUT2D eigenvalue weighted by Crippen LogP contribution is 2.63. The summed E-state index contributed by atoms with van der Waals surface area (Å²) in [5, 5.41) is 27.8. The molecule has 0 saturated heterocycles. The van der Waals surface area contributed by atoms with Crippen LogP contribution in [-0.4, -0.2) is 41.1 Å². The molecule has 0 amide bonds. The van der Waals surface area contributed by atoms with Crippen LogP contribution in [0, 0.1) is 34.5 Å². The number of fused-ring (bicyclic) bond motifs is 1. The molecule has 7 atom stereocenters. The Morgan fingerprint density at radius 1 is 1.18 bits per heavy atom. The quantitative estimate of drug-likeness (QED) is 0.413. The summed E-state index contributed by atoms with van der Waals surface area (Å²) in [6.07, 6.45) is 7.06. The van der Waals surface area contributed by atoms with E-state index < -0.39 is 0 Å². The number of aliphatic hydroxyl groups excluding tert-OH is 2. The average Bonchev–Trinajstić information content (AvgIpc) is 2.97. The van der Waals surface area contributed by atoms with E-state index >= 15 is 0 Å². The van der Waals surface area contributed by atoms with Crippen LogP contribution < -0.4 is 10.6 Å². The summed E-state index contributed by atoms with van der Waals surface area (Å²) in [6, 6.07) is 0. The molecule has 0 aromatic carbocycles. The van der Waals surface area contributed by atoms with E-state index in [0.717, 1.165) is 43.9 Å². The molecule has 0 heterocycles. The van der Waals surface area contributed by atoms with Crippen molar-refractivity contribution in [3.8, 4) is 0 Å². The Bertz CT molecular complexity index is 597. The van der Waals surface area contributed by atoms with E-state index in [2.05, 4.69) is 38.0 Å². The molecule has 160 valence electrons. The minimum absolute atomic E-state index is 0.0748. The number of nitrogens with one attached hydrogen (secondary N) is 2. The standard InChI is InChI=1S/C23H40N2O2S/c1-5-24-21(28)25-13-18-19-7-6-15(2)22(19,3)11-9-20(18)23(4)10-8-17(27)12-16(23)14-26/h16-20,26-27H,2,5-14H2,1,3-4H3,(H2,24,25,28). The number of thiocarbonyl (C=S) groups is 1. The lowest BCUT2D eigenvalue weighted by Crippen LogP contribution is -2.54. The van der Waals surface area contributed by atoms with Gasteiger partial charge in [-0.25, -0.2) is 0 Å². The highest BCUT2D eigenvalue weighted by atomic mass is 32.1. The second-order valence-corrected chi connectivity index (χ2v) is 10.4. The fraction of sp³-hybridized carbons (Fsp3) is 0.870. The van der Waals surface area contributed by atoms with Gasteiger partial charge in [0, 0.05) is 19.7 Å². The first-order valence-electron chi connectivity index (χ1n) is 11.2. The Hall–Kier alpha value is -0.650. The van der Waals surface area contributed by atoms with Gasteiger partial charge < -0.3 is 20.8 Å². The molecule has 7 unspecified atom stereocenters. The van der Waals surface area contributed by atoms with E-state index in [9.17, 15) is 10.2 Å². The number of hydrogen-bond acceptors (Lipinski definition) is 3.